The summed E-state index contributed by atoms with van der Waals surface area (Å²) in [6, 6.07) is 0.664. The van der Waals surface area contributed by atoms with E-state index in [1.54, 1.807) is 0 Å². The smallest absolute Gasteiger partial charge is 0.208 e. The summed E-state index contributed by atoms with van der Waals surface area (Å²) in [4.78, 5) is 0. The van der Waals surface area contributed by atoms with Gasteiger partial charge in [-0.3, -0.25) is 4.48 Å². The van der Waals surface area contributed by atoms with Crippen molar-refractivity contribution in [3.8, 4) is 0 Å². The van der Waals surface area contributed by atoms with Crippen molar-refractivity contribution in [2.45, 2.75) is 33.0 Å². The first-order valence-corrected chi connectivity index (χ1v) is 3.55. The molecule has 0 saturated heterocycles. The van der Waals surface area contributed by atoms with Crippen LogP contribution in [0.3, 0.4) is 0 Å². The van der Waals surface area contributed by atoms with E-state index in [1.807, 2.05) is 0 Å². The summed E-state index contributed by atoms with van der Waals surface area (Å²) in [7, 11) is 4.42. The van der Waals surface area contributed by atoms with E-state index in [4.69, 9.17) is 0 Å². The molecule has 0 fully saturated rings. The van der Waals surface area contributed by atoms with Crippen molar-refractivity contribution in [1.29, 1.82) is 0 Å². The Labute approximate surface area is 82.5 Å². The van der Waals surface area contributed by atoms with Gasteiger partial charge in [-0.15, -0.1) is 0 Å². The Bertz CT molecular complexity index is 82.4. The van der Waals surface area contributed by atoms with Gasteiger partial charge in [0, 0.05) is 6.92 Å². The summed E-state index contributed by atoms with van der Waals surface area (Å²) in [5, 5.41) is 0. The average molecular weight is 203 g/mol. The summed E-state index contributed by atoms with van der Waals surface area (Å²) in [5.74, 6) is 0. The fourth-order valence-electron chi connectivity index (χ4n) is 0.509. The molecule has 3 N–H and O–H groups in total. The molecule has 1 atom stereocenters. The molecule has 0 aliphatic rings. The van der Waals surface area contributed by atoms with Gasteiger partial charge in [0.15, 0.2) is 0 Å². The maximum absolute atomic E-state index is 4.00. The fraction of sp³-hybridized carbons (Fsp3) is 1.00. The zero-order chi connectivity index (χ0) is 7.65. The Balaban J connectivity index is -0.000000320. The van der Waals surface area contributed by atoms with Gasteiger partial charge in [-0.1, -0.05) is 0 Å². The minimum Gasteiger partial charge on any atom is -1.00 e. The molecule has 2 nitrogen and oxygen atoms in total. The Morgan fingerprint density at radius 1 is 1.00 bits per heavy atom. The number of hydrogen-bond donors (Lipinski definition) is 1. The molecule has 0 aliphatic carbocycles. The van der Waals surface area contributed by atoms with Gasteiger partial charge in [-0.05, 0) is 13.8 Å². The molecule has 0 amide bonds. The number of nitrogens with zero attached hydrogens (tertiary/aromatic N) is 1. The topological polar surface area (TPSA) is 27.6 Å². The Hall–Kier alpha value is 0.500. The molecule has 0 heterocycles. The number of hydrogen-bond acceptors (Lipinski definition) is 0. The van der Waals surface area contributed by atoms with Gasteiger partial charge < -0.3 is 30.5 Å². The van der Waals surface area contributed by atoms with Crippen LogP contribution in [0.2, 0.25) is 0 Å². The summed E-state index contributed by atoms with van der Waals surface area (Å²) in [6.45, 7) is 6.60. The van der Waals surface area contributed by atoms with Crippen molar-refractivity contribution in [2.75, 3.05) is 14.1 Å². The summed E-state index contributed by atoms with van der Waals surface area (Å²) < 4.78 is 1.00. The van der Waals surface area contributed by atoms with Crippen LogP contribution in [0.25, 0.3) is 0 Å². The molecule has 1 unspecified atom stereocenters. The van der Waals surface area contributed by atoms with Gasteiger partial charge in [0.05, 0.1) is 20.1 Å². The highest BCUT2D eigenvalue weighted by Crippen LogP contribution is 2.06. The van der Waals surface area contributed by atoms with Crippen LogP contribution in [0.1, 0.15) is 20.8 Å². The predicted molar refractivity (Wildman–Crippen MR) is 39.6 cm³/mol. The van der Waals surface area contributed by atoms with Gasteiger partial charge in [-0.2, -0.15) is 0 Å². The van der Waals surface area contributed by atoms with E-state index >= 15 is 0 Å². The minimum atomic E-state index is 0. The SMILES string of the molecule is CC(C)[N+](C)(C)C(C)[NH3+].[Cl-].[Cl-]. The standard InChI is InChI=1S/C7H19N2.2ClH/c1-6(2)9(4,5)7(3)8;;/h6-7H,8H2,1-5H3;2*1H/q+1;;/p-1. The second-order valence-corrected chi connectivity index (χ2v) is 3.57. The van der Waals surface area contributed by atoms with Crippen LogP contribution in [0.15, 0.2) is 0 Å². The van der Waals surface area contributed by atoms with E-state index in [2.05, 4.69) is 40.6 Å². The zero-order valence-electron chi connectivity index (χ0n) is 8.06. The monoisotopic (exact) mass is 202 g/mol. The van der Waals surface area contributed by atoms with Gasteiger partial charge in [0.2, 0.25) is 6.17 Å². The van der Waals surface area contributed by atoms with Gasteiger partial charge in [-0.25, -0.2) is 0 Å². The lowest BCUT2D eigenvalue weighted by molar-refractivity contribution is -0.998. The molecule has 0 aromatic heterocycles. The van der Waals surface area contributed by atoms with Crippen molar-refractivity contribution in [3.05, 3.63) is 0 Å². The van der Waals surface area contributed by atoms with Crippen molar-refractivity contribution in [3.63, 3.8) is 0 Å². The molecular formula is C7H20Cl2N2. The first-order valence-electron chi connectivity index (χ1n) is 3.55. The van der Waals surface area contributed by atoms with Crippen molar-refractivity contribution >= 4 is 0 Å². The van der Waals surface area contributed by atoms with Gasteiger partial charge in [0.25, 0.3) is 0 Å². The second kappa shape index (κ2) is 6.06. The molecule has 0 bridgehead atoms. The second-order valence-electron chi connectivity index (χ2n) is 3.57. The minimum absolute atomic E-state index is 0. The van der Waals surface area contributed by atoms with E-state index in [0.29, 0.717) is 12.2 Å². The molecule has 11 heavy (non-hydrogen) atoms. The maximum atomic E-state index is 4.00. The average Bonchev–Trinajstić information content (AvgIpc) is 1.65. The lowest BCUT2D eigenvalue weighted by Crippen LogP contribution is -3.00. The highest BCUT2D eigenvalue weighted by atomic mass is 35.5. The fourth-order valence-corrected chi connectivity index (χ4v) is 0.509. The van der Waals surface area contributed by atoms with Crippen molar-refractivity contribution in [1.82, 2.24) is 0 Å². The predicted octanol–water partition coefficient (Wildman–Crippen LogP) is -5.93. The maximum Gasteiger partial charge on any atom is 0.208 e. The molecule has 0 rings (SSSR count). The van der Waals surface area contributed by atoms with Crippen LogP contribution in [-0.2, 0) is 0 Å². The van der Waals surface area contributed by atoms with Crippen LogP contribution >= 0.6 is 0 Å². The summed E-state index contributed by atoms with van der Waals surface area (Å²) in [5.41, 5.74) is 4.00. The molecule has 0 radical (unpaired) electrons. The first kappa shape index (κ1) is 17.5. The van der Waals surface area contributed by atoms with Crippen LogP contribution in [0.5, 0.6) is 0 Å². The Kier molecular flexibility index (Phi) is 9.68. The number of quaternary nitrogens is 2. The summed E-state index contributed by atoms with van der Waals surface area (Å²) >= 11 is 0. The summed E-state index contributed by atoms with van der Waals surface area (Å²) in [6.07, 6.45) is 0.477. The molecular weight excluding hydrogens is 183 g/mol. The molecule has 0 aliphatic heterocycles. The first-order chi connectivity index (χ1) is 3.89. The largest absolute Gasteiger partial charge is 1.00 e. The van der Waals surface area contributed by atoms with E-state index in [0.717, 1.165) is 4.48 Å². The van der Waals surface area contributed by atoms with E-state index < -0.39 is 0 Å². The normalized spacial score (nSPS) is 13.4. The molecule has 0 aromatic rings. The Morgan fingerprint density at radius 3 is 1.27 bits per heavy atom. The van der Waals surface area contributed by atoms with Crippen molar-refractivity contribution < 1.29 is 35.0 Å². The van der Waals surface area contributed by atoms with Crippen LogP contribution in [0, 0.1) is 0 Å². The van der Waals surface area contributed by atoms with Crippen LogP contribution in [-0.4, -0.2) is 30.8 Å². The van der Waals surface area contributed by atoms with Gasteiger partial charge >= 0.3 is 0 Å². The van der Waals surface area contributed by atoms with E-state index in [1.165, 1.54) is 0 Å². The van der Waals surface area contributed by atoms with Crippen LogP contribution in [0.4, 0.5) is 0 Å². The number of halogens is 2. The number of rotatable bonds is 2. The molecule has 72 valence electrons. The highest BCUT2D eigenvalue weighted by molar-refractivity contribution is 4.38. The quantitative estimate of drug-likeness (QED) is 0.342. The molecule has 0 aromatic carbocycles. The van der Waals surface area contributed by atoms with E-state index in [-0.39, 0.29) is 24.8 Å². The Morgan fingerprint density at radius 2 is 1.27 bits per heavy atom. The van der Waals surface area contributed by atoms with Gasteiger partial charge in [0.1, 0.15) is 0 Å². The van der Waals surface area contributed by atoms with Crippen LogP contribution < -0.4 is 30.5 Å². The van der Waals surface area contributed by atoms with Crippen molar-refractivity contribution in [2.24, 2.45) is 0 Å². The highest BCUT2D eigenvalue weighted by Gasteiger charge is 2.26. The third-order valence-corrected chi connectivity index (χ3v) is 2.47. The lowest BCUT2D eigenvalue weighted by atomic mass is 10.2. The molecule has 0 saturated carbocycles. The third kappa shape index (κ3) is 4.86. The third-order valence-electron chi connectivity index (χ3n) is 2.47. The zero-order valence-corrected chi connectivity index (χ0v) is 9.58. The molecule has 0 spiro atoms. The lowest BCUT2D eigenvalue weighted by Gasteiger charge is -2.35. The molecule has 4 heteroatoms. The van der Waals surface area contributed by atoms with E-state index in [9.17, 15) is 0 Å².